The normalized spacial score (nSPS) is 28.8. The Bertz CT molecular complexity index is 357. The molecule has 0 heterocycles. The van der Waals surface area contributed by atoms with Gasteiger partial charge in [-0.1, -0.05) is 26.0 Å². The lowest BCUT2D eigenvalue weighted by Gasteiger charge is -2.18. The molecule has 14 heavy (non-hydrogen) atoms. The second-order valence-electron chi connectivity index (χ2n) is 4.85. The number of rotatable bonds is 2. The van der Waals surface area contributed by atoms with Crippen molar-refractivity contribution in [3.05, 3.63) is 29.8 Å². The van der Waals surface area contributed by atoms with Crippen LogP contribution in [-0.2, 0) is 5.41 Å². The number of aliphatic hydroxyl groups excluding tert-OH is 1. The molecule has 0 spiro atoms. The second-order valence-corrected chi connectivity index (χ2v) is 4.85. The molecule has 0 bridgehead atoms. The first-order chi connectivity index (χ1) is 6.52. The van der Waals surface area contributed by atoms with E-state index in [2.05, 4.69) is 13.8 Å². The van der Waals surface area contributed by atoms with Crippen LogP contribution in [0.5, 0.6) is 5.75 Å². The summed E-state index contributed by atoms with van der Waals surface area (Å²) in [6.45, 7) is 4.45. The zero-order valence-electron chi connectivity index (χ0n) is 8.62. The standard InChI is InChI=1S/C12H16O2/c1-11(2)7-12(11,8-13)9-4-3-5-10(14)6-9/h3-6,13-14H,7-8H2,1-2H3. The number of benzene rings is 1. The summed E-state index contributed by atoms with van der Waals surface area (Å²) in [7, 11) is 0. The van der Waals surface area contributed by atoms with Crippen LogP contribution in [-0.4, -0.2) is 16.8 Å². The number of hydrogen-bond donors (Lipinski definition) is 2. The van der Waals surface area contributed by atoms with E-state index in [1.807, 2.05) is 12.1 Å². The number of aliphatic hydroxyl groups is 1. The van der Waals surface area contributed by atoms with Gasteiger partial charge in [-0.05, 0) is 29.5 Å². The average Bonchev–Trinajstić information content (AvgIpc) is 2.70. The topological polar surface area (TPSA) is 40.5 Å². The van der Waals surface area contributed by atoms with Crippen molar-refractivity contribution in [2.45, 2.75) is 25.7 Å². The molecule has 1 fully saturated rings. The smallest absolute Gasteiger partial charge is 0.115 e. The summed E-state index contributed by atoms with van der Waals surface area (Å²) in [6.07, 6.45) is 0.986. The van der Waals surface area contributed by atoms with E-state index in [4.69, 9.17) is 0 Å². The van der Waals surface area contributed by atoms with Crippen molar-refractivity contribution >= 4 is 0 Å². The van der Waals surface area contributed by atoms with Crippen molar-refractivity contribution in [2.24, 2.45) is 5.41 Å². The van der Waals surface area contributed by atoms with Gasteiger partial charge in [0.1, 0.15) is 5.75 Å². The number of phenolic OH excluding ortho intramolecular Hbond substituents is 1. The molecule has 2 heteroatoms. The fourth-order valence-corrected chi connectivity index (χ4v) is 2.37. The third kappa shape index (κ3) is 1.14. The van der Waals surface area contributed by atoms with Gasteiger partial charge in [0.2, 0.25) is 0 Å². The van der Waals surface area contributed by atoms with Crippen molar-refractivity contribution in [1.82, 2.24) is 0 Å². The maximum absolute atomic E-state index is 9.45. The van der Waals surface area contributed by atoms with Crippen LogP contribution in [0.2, 0.25) is 0 Å². The highest BCUT2D eigenvalue weighted by Gasteiger charge is 2.61. The Labute approximate surface area is 84.2 Å². The van der Waals surface area contributed by atoms with Gasteiger partial charge < -0.3 is 10.2 Å². The van der Waals surface area contributed by atoms with E-state index < -0.39 is 0 Å². The van der Waals surface area contributed by atoms with E-state index in [0.717, 1.165) is 12.0 Å². The Morgan fingerprint density at radius 3 is 2.43 bits per heavy atom. The Hall–Kier alpha value is -1.02. The maximum Gasteiger partial charge on any atom is 0.115 e. The highest BCUT2D eigenvalue weighted by Crippen LogP contribution is 2.64. The molecule has 1 saturated carbocycles. The third-order valence-electron chi connectivity index (χ3n) is 3.58. The van der Waals surface area contributed by atoms with Crippen molar-refractivity contribution in [3.8, 4) is 5.75 Å². The summed E-state index contributed by atoms with van der Waals surface area (Å²) < 4.78 is 0. The summed E-state index contributed by atoms with van der Waals surface area (Å²) in [6, 6.07) is 7.22. The molecule has 0 saturated heterocycles. The number of hydrogen-bond acceptors (Lipinski definition) is 2. The molecule has 0 aliphatic heterocycles. The van der Waals surface area contributed by atoms with Crippen molar-refractivity contribution < 1.29 is 10.2 Å². The van der Waals surface area contributed by atoms with Gasteiger partial charge in [0, 0.05) is 5.41 Å². The Morgan fingerprint density at radius 2 is 2.00 bits per heavy atom. The average molecular weight is 192 g/mol. The van der Waals surface area contributed by atoms with E-state index in [0.29, 0.717) is 0 Å². The molecule has 0 radical (unpaired) electrons. The third-order valence-corrected chi connectivity index (χ3v) is 3.58. The quantitative estimate of drug-likeness (QED) is 0.753. The van der Waals surface area contributed by atoms with Crippen LogP contribution >= 0.6 is 0 Å². The molecule has 2 nitrogen and oxygen atoms in total. The first-order valence-corrected chi connectivity index (χ1v) is 4.92. The Balaban J connectivity index is 2.40. The minimum absolute atomic E-state index is 0.133. The van der Waals surface area contributed by atoms with Crippen LogP contribution in [0.1, 0.15) is 25.8 Å². The molecule has 1 aromatic rings. The summed E-state index contributed by atoms with van der Waals surface area (Å²) in [5, 5.41) is 18.8. The van der Waals surface area contributed by atoms with Crippen LogP contribution in [0.15, 0.2) is 24.3 Å². The molecule has 1 unspecified atom stereocenters. The van der Waals surface area contributed by atoms with E-state index in [-0.39, 0.29) is 23.2 Å². The summed E-state index contributed by atoms with van der Waals surface area (Å²) >= 11 is 0. The van der Waals surface area contributed by atoms with Gasteiger partial charge in [-0.25, -0.2) is 0 Å². The van der Waals surface area contributed by atoms with Crippen LogP contribution in [0.4, 0.5) is 0 Å². The molecule has 1 aromatic carbocycles. The molecule has 1 aliphatic rings. The van der Waals surface area contributed by atoms with Crippen molar-refractivity contribution in [2.75, 3.05) is 6.61 Å². The van der Waals surface area contributed by atoms with E-state index in [9.17, 15) is 10.2 Å². The molecule has 1 aliphatic carbocycles. The van der Waals surface area contributed by atoms with Crippen LogP contribution < -0.4 is 0 Å². The molecule has 1 atom stereocenters. The molecular formula is C12H16O2. The molecule has 2 N–H and O–H groups in total. The predicted molar refractivity (Wildman–Crippen MR) is 55.3 cm³/mol. The Morgan fingerprint density at radius 1 is 1.36 bits per heavy atom. The van der Waals surface area contributed by atoms with Gasteiger partial charge in [-0.15, -0.1) is 0 Å². The molecule has 0 aromatic heterocycles. The lowest BCUT2D eigenvalue weighted by atomic mass is 9.88. The fourth-order valence-electron chi connectivity index (χ4n) is 2.37. The lowest BCUT2D eigenvalue weighted by molar-refractivity contribution is 0.231. The summed E-state index contributed by atoms with van der Waals surface area (Å²) in [5.41, 5.74) is 1.06. The SMILES string of the molecule is CC1(C)CC1(CO)c1cccc(O)c1. The van der Waals surface area contributed by atoms with Crippen molar-refractivity contribution in [1.29, 1.82) is 0 Å². The van der Waals surface area contributed by atoms with Gasteiger partial charge in [0.15, 0.2) is 0 Å². The van der Waals surface area contributed by atoms with Gasteiger partial charge >= 0.3 is 0 Å². The van der Waals surface area contributed by atoms with Gasteiger partial charge in [0.25, 0.3) is 0 Å². The molecule has 76 valence electrons. The number of aromatic hydroxyl groups is 1. The first-order valence-electron chi connectivity index (χ1n) is 4.92. The van der Waals surface area contributed by atoms with Gasteiger partial charge in [-0.3, -0.25) is 0 Å². The fraction of sp³-hybridized carbons (Fsp3) is 0.500. The zero-order chi connectivity index (χ0) is 10.4. The minimum Gasteiger partial charge on any atom is -0.508 e. The maximum atomic E-state index is 9.45. The second kappa shape index (κ2) is 2.74. The number of phenols is 1. The first kappa shape index (κ1) is 9.53. The van der Waals surface area contributed by atoms with Crippen molar-refractivity contribution in [3.63, 3.8) is 0 Å². The van der Waals surface area contributed by atoms with Gasteiger partial charge in [0.05, 0.1) is 6.61 Å². The lowest BCUT2D eigenvalue weighted by Crippen LogP contribution is -2.18. The minimum atomic E-state index is -0.133. The highest BCUT2D eigenvalue weighted by molar-refractivity contribution is 5.40. The van der Waals surface area contributed by atoms with Crippen LogP contribution in [0.25, 0.3) is 0 Å². The predicted octanol–water partition coefficient (Wildman–Crippen LogP) is 2.05. The van der Waals surface area contributed by atoms with E-state index in [1.54, 1.807) is 12.1 Å². The molecule has 0 amide bonds. The van der Waals surface area contributed by atoms with Crippen LogP contribution in [0.3, 0.4) is 0 Å². The van der Waals surface area contributed by atoms with E-state index in [1.165, 1.54) is 0 Å². The van der Waals surface area contributed by atoms with E-state index >= 15 is 0 Å². The largest absolute Gasteiger partial charge is 0.508 e. The summed E-state index contributed by atoms with van der Waals surface area (Å²) in [5.74, 6) is 0.276. The highest BCUT2D eigenvalue weighted by atomic mass is 16.3. The monoisotopic (exact) mass is 192 g/mol. The Kier molecular flexibility index (Phi) is 1.86. The zero-order valence-corrected chi connectivity index (χ0v) is 8.62. The molecular weight excluding hydrogens is 176 g/mol. The van der Waals surface area contributed by atoms with Crippen LogP contribution in [0, 0.1) is 5.41 Å². The van der Waals surface area contributed by atoms with Gasteiger partial charge in [-0.2, -0.15) is 0 Å². The summed E-state index contributed by atoms with van der Waals surface area (Å²) in [4.78, 5) is 0. The molecule has 2 rings (SSSR count).